The van der Waals surface area contributed by atoms with Crippen LogP contribution in [0.4, 0.5) is 73.6 Å². The lowest BCUT2D eigenvalue weighted by atomic mass is 10.0. The largest absolute Gasteiger partial charge is 0.397 e. The van der Waals surface area contributed by atoms with Crippen LogP contribution in [-0.2, 0) is 14.4 Å². The SMILES string of the molecule is C=CC(=O)N1CCN(c2c(C#N)c(=O)n(-c3c(C)ccnc3C(C)C)c3nc(-c4c(N)c(Cl)c(F)c(Cl)c4F)c(Cl)cc23)C[C@H]1C.C=CC(=O)N1CCN(c2c(C#N)c(=O)n(-c3c(C)ccnc3C(C)C)c3nc(-c4c(N)c(F)c(F)c(Cl)c4F)c(Cl)cc23)C[C@H]1C.C=CC(=O)N1CCN(c2c(C#N)c(=O)n(-c3c(C)ccnc3C(C)C)c3nc(-c4c(N)c(F)c(F)c(F)c4F)c(Cl)cc23)C[C@H]1C. The molecule has 15 rings (SSSR count). The first kappa shape index (κ1) is 102. The predicted octanol–water partition coefficient (Wildman–Crippen LogP) is 18.8. The number of hydrogen-bond donors (Lipinski definition) is 3. The van der Waals surface area contributed by atoms with E-state index in [1.54, 1.807) is 89.0 Å². The number of nitrogens with zero attached hydrogens (tertiary/aromatic N) is 18. The number of hydrogen-bond acceptors (Lipinski definition) is 21. The van der Waals surface area contributed by atoms with E-state index in [-0.39, 0.29) is 206 Å². The van der Waals surface area contributed by atoms with Crippen LogP contribution in [0.25, 0.3) is 83.9 Å². The number of nitriles is 3. The predicted molar refractivity (Wildman–Crippen MR) is 516 cm³/mol. The second-order valence-corrected chi connectivity index (χ2v) is 36.1. The van der Waals surface area contributed by atoms with Crippen molar-refractivity contribution in [2.45, 2.75) is 119 Å². The summed E-state index contributed by atoms with van der Waals surface area (Å²) in [6.45, 7) is 34.8. The van der Waals surface area contributed by atoms with E-state index in [9.17, 15) is 70.9 Å². The van der Waals surface area contributed by atoms with E-state index < -0.39 is 129 Å². The van der Waals surface area contributed by atoms with Gasteiger partial charge in [-0.15, -0.1) is 0 Å². The molecule has 3 atom stereocenters. The van der Waals surface area contributed by atoms with E-state index in [2.05, 4.69) is 50.7 Å². The Morgan fingerprint density at radius 1 is 0.399 bits per heavy atom. The summed E-state index contributed by atoms with van der Waals surface area (Å²) in [5.74, 6) is -16.4. The third kappa shape index (κ3) is 17.6. The van der Waals surface area contributed by atoms with Crippen LogP contribution in [0.1, 0.15) is 131 Å². The van der Waals surface area contributed by atoms with Crippen LogP contribution in [0.2, 0.25) is 30.1 Å². The molecule has 0 radical (unpaired) electrons. The minimum absolute atomic E-state index is 0.00372. The van der Waals surface area contributed by atoms with Gasteiger partial charge >= 0.3 is 0 Å². The van der Waals surface area contributed by atoms with Gasteiger partial charge in [0.25, 0.3) is 16.7 Å². The van der Waals surface area contributed by atoms with Crippen molar-refractivity contribution in [2.75, 3.05) is 90.8 Å². The average molecular weight is 2010 g/mol. The Balaban J connectivity index is 0.000000175. The van der Waals surface area contributed by atoms with Crippen molar-refractivity contribution in [3.63, 3.8) is 0 Å². The third-order valence-electron chi connectivity index (χ3n) is 24.2. The first-order valence-electron chi connectivity index (χ1n) is 42.6. The Morgan fingerprint density at radius 3 is 0.942 bits per heavy atom. The summed E-state index contributed by atoms with van der Waals surface area (Å²) in [5, 5.41) is 28.5. The van der Waals surface area contributed by atoms with Gasteiger partial charge in [0.05, 0.1) is 117 Å². The first-order chi connectivity index (χ1) is 65.2. The topological polar surface area (TPSA) is 363 Å². The molecule has 42 heteroatoms. The van der Waals surface area contributed by atoms with Gasteiger partial charge in [0, 0.05) is 112 Å². The fraction of sp³-hybridized carbons (Fsp3) is 0.281. The van der Waals surface area contributed by atoms with Gasteiger partial charge in [-0.25, -0.2) is 54.5 Å². The van der Waals surface area contributed by atoms with Crippen LogP contribution in [0.3, 0.4) is 0 Å². The number of pyridine rings is 9. The van der Waals surface area contributed by atoms with Crippen molar-refractivity contribution >= 4 is 155 Å². The summed E-state index contributed by atoms with van der Waals surface area (Å²) in [7, 11) is 0. The maximum absolute atomic E-state index is 15.6. The lowest BCUT2D eigenvalue weighted by Gasteiger charge is -2.41. The first-order valence-corrected chi connectivity index (χ1v) is 44.9. The molecule has 9 aromatic heterocycles. The van der Waals surface area contributed by atoms with E-state index in [0.717, 1.165) is 4.57 Å². The summed E-state index contributed by atoms with van der Waals surface area (Å²) in [5.41, 5.74) is 13.6. The van der Waals surface area contributed by atoms with Gasteiger partial charge in [-0.05, 0) is 131 Å². The van der Waals surface area contributed by atoms with E-state index in [1.165, 1.54) is 45.6 Å². The highest BCUT2D eigenvalue weighted by Crippen LogP contribution is 2.49. The zero-order valence-corrected chi connectivity index (χ0v) is 80.3. The Morgan fingerprint density at radius 2 is 0.667 bits per heavy atom. The molecule has 12 aromatic rings. The molecular weight excluding hydrogens is 1930 g/mol. The van der Waals surface area contributed by atoms with Gasteiger partial charge in [0.1, 0.15) is 66.9 Å². The number of halogens is 15. The van der Waals surface area contributed by atoms with Crippen LogP contribution in [0.5, 0.6) is 0 Å². The van der Waals surface area contributed by atoms with E-state index in [4.69, 9.17) is 91.8 Å². The summed E-state index contributed by atoms with van der Waals surface area (Å²) >= 11 is 37.8. The Bertz CT molecular complexity index is 6790. The quantitative estimate of drug-likeness (QED) is 0.0282. The molecule has 714 valence electrons. The number of fused-ring (bicyclic) bond motifs is 3. The van der Waals surface area contributed by atoms with Crippen molar-refractivity contribution in [1.29, 1.82) is 15.8 Å². The van der Waals surface area contributed by atoms with Crippen molar-refractivity contribution in [2.24, 2.45) is 0 Å². The van der Waals surface area contributed by atoms with Gasteiger partial charge in [0.2, 0.25) is 17.7 Å². The zero-order valence-electron chi connectivity index (χ0n) is 75.8. The normalized spacial score (nSPS) is 15.0. The number of amides is 3. The average Bonchev–Trinajstić information content (AvgIpc) is 0.726. The number of carbonyl (C=O) groups is 3. The molecule has 3 saturated heterocycles. The molecule has 0 spiro atoms. The summed E-state index contributed by atoms with van der Waals surface area (Å²) in [4.78, 5) is 118. The maximum atomic E-state index is 15.6. The van der Waals surface area contributed by atoms with E-state index in [0.29, 0.717) is 45.1 Å². The van der Waals surface area contributed by atoms with Crippen LogP contribution in [-0.4, -0.2) is 153 Å². The summed E-state index contributed by atoms with van der Waals surface area (Å²) in [6, 6.07) is 14.3. The standard InChI is InChI=1S/C32H28Cl3F2N7O2.C32H28Cl2F3N7O2.C32H28ClF4N7O2/c1-6-20(45)43-10-9-42(13-16(43)5)30-17-11-19(33)28(21-24(36)22(34)25(37)23(35)26(21)39)41-31(17)44(32(46)18(30)12-38)29-15(4)7-8-40-27(29)14(2)3;1-6-20(45)43-10-9-42(13-16(43)5)30-17-11-19(33)28(21-23(35)22(34)24(36)25(37)26(21)39)41-31(17)44(32(46)18(30)12-38)29-15(4)7-8-40-27(29)14(2)3;1-6-20(45)43-10-9-42(13-16(43)5)30-17-11-19(33)28(21-22(34)23(35)24(36)25(37)26(21)39)41-31(17)44(32(46)18(30)12-38)29-15(4)7-8-40-27(29)14(2)3/h3*6-8,11,14,16H,1,9-10,13,39H2,2-5H3/t3*16-/m111/s1. The Hall–Kier alpha value is -13.8. The van der Waals surface area contributed by atoms with Crippen molar-refractivity contribution in [3.05, 3.63) is 257 Å². The molecule has 138 heavy (non-hydrogen) atoms. The van der Waals surface area contributed by atoms with Crippen molar-refractivity contribution in [3.8, 4) is 69.0 Å². The molecule has 0 saturated carbocycles. The number of nitrogen functional groups attached to an aromatic ring is 3. The molecule has 12 heterocycles. The molecule has 3 aromatic carbocycles. The number of rotatable bonds is 15. The van der Waals surface area contributed by atoms with Crippen molar-refractivity contribution < 1.29 is 53.9 Å². The lowest BCUT2D eigenvalue weighted by molar-refractivity contribution is -0.129. The van der Waals surface area contributed by atoms with Gasteiger partial charge in [-0.1, -0.05) is 131 Å². The van der Waals surface area contributed by atoms with Crippen LogP contribution >= 0.6 is 69.6 Å². The second kappa shape index (κ2) is 40.1. The second-order valence-electron chi connectivity index (χ2n) is 33.8. The molecule has 0 bridgehead atoms. The monoisotopic (exact) mass is 2010 g/mol. The molecule has 27 nitrogen and oxygen atoms in total. The fourth-order valence-electron chi connectivity index (χ4n) is 17.6. The minimum atomic E-state index is -2.12. The fourth-order valence-corrected chi connectivity index (χ4v) is 18.9. The number of carbonyl (C=O) groups excluding carboxylic acids is 3. The Kier molecular flexibility index (Phi) is 29.5. The van der Waals surface area contributed by atoms with Crippen LogP contribution in [0, 0.1) is 107 Å². The maximum Gasteiger partial charge on any atom is 0.276 e. The molecule has 3 aliphatic rings. The van der Waals surface area contributed by atoms with Crippen molar-refractivity contribution in [1.82, 2.24) is 58.3 Å². The van der Waals surface area contributed by atoms with Crippen LogP contribution < -0.4 is 48.6 Å². The lowest BCUT2D eigenvalue weighted by Crippen LogP contribution is -2.54. The third-order valence-corrected chi connectivity index (χ3v) is 26.1. The van der Waals surface area contributed by atoms with Crippen LogP contribution in [0.15, 0.2) is 107 Å². The smallest absolute Gasteiger partial charge is 0.276 e. The van der Waals surface area contributed by atoms with E-state index in [1.807, 2.05) is 72.4 Å². The molecule has 6 N–H and O–H groups in total. The number of piperazine rings is 3. The Labute approximate surface area is 813 Å². The number of nitrogens with two attached hydrogens (primary N) is 3. The highest BCUT2D eigenvalue weighted by molar-refractivity contribution is 6.39. The summed E-state index contributed by atoms with van der Waals surface area (Å²) < 4.78 is 137. The van der Waals surface area contributed by atoms with Gasteiger partial charge in [-0.3, -0.25) is 57.4 Å². The number of aryl methyl sites for hydroxylation is 3. The molecule has 0 aliphatic carbocycles. The molecule has 3 aliphatic heterocycles. The number of benzene rings is 3. The molecule has 3 fully saturated rings. The molecule has 0 unspecified atom stereocenters. The van der Waals surface area contributed by atoms with Gasteiger partial charge in [-0.2, -0.15) is 15.8 Å². The molecule has 3 amide bonds. The van der Waals surface area contributed by atoms with E-state index >= 15 is 13.2 Å². The minimum Gasteiger partial charge on any atom is -0.397 e. The number of aromatic nitrogens is 9. The zero-order chi connectivity index (χ0) is 101. The highest BCUT2D eigenvalue weighted by atomic mass is 35.5. The highest BCUT2D eigenvalue weighted by Gasteiger charge is 2.40. The number of anilines is 6. The summed E-state index contributed by atoms with van der Waals surface area (Å²) in [6.07, 6.45) is 8.40. The van der Waals surface area contributed by atoms with Gasteiger partial charge < -0.3 is 46.6 Å². The van der Waals surface area contributed by atoms with Gasteiger partial charge in [0.15, 0.2) is 52.4 Å². The molecular formula is C96H84Cl6F9N21O6.